The number of hydrogen-bond acceptors (Lipinski definition) is 8. The molecule has 2 saturated heterocycles. The third kappa shape index (κ3) is 6.72. The summed E-state index contributed by atoms with van der Waals surface area (Å²) in [4.78, 5) is 75.1. The lowest BCUT2D eigenvalue weighted by atomic mass is 9.91. The molecule has 0 radical (unpaired) electrons. The van der Waals surface area contributed by atoms with Crippen molar-refractivity contribution < 1.29 is 33.5 Å². The van der Waals surface area contributed by atoms with Crippen molar-refractivity contribution >= 4 is 46.9 Å². The first-order valence-corrected chi connectivity index (χ1v) is 16.0. The van der Waals surface area contributed by atoms with Gasteiger partial charge in [0.2, 0.25) is 17.6 Å². The van der Waals surface area contributed by atoms with E-state index in [-0.39, 0.29) is 38.6 Å². The van der Waals surface area contributed by atoms with Crippen LogP contribution in [-0.2, 0) is 28.8 Å². The number of oxime groups is 1. The number of likely N-dealkylation sites (tertiary alicyclic amines) is 1. The molecule has 0 aromatic heterocycles. The molecule has 4 aliphatic rings. The summed E-state index contributed by atoms with van der Waals surface area (Å²) >= 11 is 6.21. The summed E-state index contributed by atoms with van der Waals surface area (Å²) in [5, 5.41) is 10.3. The fraction of sp³-hybridized carbons (Fsp3) is 0.455. The summed E-state index contributed by atoms with van der Waals surface area (Å²) in [6.45, 7) is 1.63. The molecule has 1 spiro atoms. The Morgan fingerprint density at radius 2 is 1.89 bits per heavy atom. The van der Waals surface area contributed by atoms with E-state index in [0.717, 1.165) is 24.0 Å². The van der Waals surface area contributed by atoms with Crippen LogP contribution in [-0.4, -0.2) is 88.5 Å². The van der Waals surface area contributed by atoms with Crippen LogP contribution in [0.3, 0.4) is 0 Å². The molecular formula is C33H36ClN5O7. The zero-order valence-electron chi connectivity index (χ0n) is 25.4. The molecule has 4 amide bonds. The number of benzene rings is 2. The minimum Gasteiger partial charge on any atom is -0.447 e. The second-order valence-corrected chi connectivity index (χ2v) is 12.8. The molecule has 4 atom stereocenters. The highest BCUT2D eigenvalue weighted by atomic mass is 35.5. The highest BCUT2D eigenvalue weighted by Gasteiger charge is 2.54. The minimum absolute atomic E-state index is 0.0116. The molecule has 6 rings (SSSR count). The lowest BCUT2D eigenvalue weighted by Crippen LogP contribution is -2.54. The predicted molar refractivity (Wildman–Crippen MR) is 167 cm³/mol. The molecule has 3 fully saturated rings. The molecule has 0 bridgehead atoms. The summed E-state index contributed by atoms with van der Waals surface area (Å²) in [6, 6.07) is 13.8. The number of cyclic esters (lactones) is 1. The average molecular weight is 650 g/mol. The van der Waals surface area contributed by atoms with Crippen LogP contribution in [0.1, 0.15) is 62.6 Å². The summed E-state index contributed by atoms with van der Waals surface area (Å²) in [7, 11) is 0. The number of halogens is 1. The maximum Gasteiger partial charge on any atom is 0.410 e. The van der Waals surface area contributed by atoms with Crippen molar-refractivity contribution in [3.05, 3.63) is 70.7 Å². The van der Waals surface area contributed by atoms with Crippen LogP contribution in [0.15, 0.2) is 59.8 Å². The number of nitrogens with one attached hydrogen (secondary N) is 2. The Morgan fingerprint density at radius 1 is 1.11 bits per heavy atom. The van der Waals surface area contributed by atoms with Crippen molar-refractivity contribution in [1.29, 1.82) is 0 Å². The Labute approximate surface area is 271 Å². The number of ether oxygens (including phenoxy) is 1. The zero-order chi connectivity index (χ0) is 32.4. The number of ketones is 1. The van der Waals surface area contributed by atoms with E-state index in [2.05, 4.69) is 15.8 Å². The van der Waals surface area contributed by atoms with Gasteiger partial charge >= 0.3 is 6.09 Å². The smallest absolute Gasteiger partial charge is 0.410 e. The monoisotopic (exact) mass is 649 g/mol. The van der Waals surface area contributed by atoms with Gasteiger partial charge in [-0.05, 0) is 37.0 Å². The van der Waals surface area contributed by atoms with E-state index < -0.39 is 53.3 Å². The quantitative estimate of drug-likeness (QED) is 0.356. The minimum atomic E-state index is -1.05. The van der Waals surface area contributed by atoms with E-state index in [0.29, 0.717) is 23.6 Å². The van der Waals surface area contributed by atoms with E-state index >= 15 is 0 Å². The van der Waals surface area contributed by atoms with Crippen LogP contribution >= 0.6 is 11.6 Å². The van der Waals surface area contributed by atoms with Crippen molar-refractivity contribution in [3.63, 3.8) is 0 Å². The van der Waals surface area contributed by atoms with E-state index in [1.807, 2.05) is 43.3 Å². The highest BCUT2D eigenvalue weighted by molar-refractivity contribution is 6.38. The highest BCUT2D eigenvalue weighted by Crippen LogP contribution is 2.39. The van der Waals surface area contributed by atoms with Gasteiger partial charge in [-0.2, -0.15) is 0 Å². The second kappa shape index (κ2) is 13.1. The third-order valence-corrected chi connectivity index (χ3v) is 9.07. The topological polar surface area (TPSA) is 147 Å². The number of carbonyl (C=O) groups excluding carboxylic acids is 5. The summed E-state index contributed by atoms with van der Waals surface area (Å²) in [5.41, 5.74) is 1.18. The van der Waals surface area contributed by atoms with E-state index in [4.69, 9.17) is 21.2 Å². The van der Waals surface area contributed by atoms with E-state index in [1.54, 1.807) is 18.2 Å². The van der Waals surface area contributed by atoms with Gasteiger partial charge < -0.3 is 25.1 Å². The van der Waals surface area contributed by atoms with Gasteiger partial charge in [0, 0.05) is 29.5 Å². The van der Waals surface area contributed by atoms with Gasteiger partial charge in [-0.1, -0.05) is 72.6 Å². The van der Waals surface area contributed by atoms with Gasteiger partial charge in [0.15, 0.2) is 5.60 Å². The molecule has 3 heterocycles. The Hall–Kier alpha value is -4.45. The fourth-order valence-electron chi connectivity index (χ4n) is 6.26. The number of Topliss-reactive ketones (excluding diaryl/α,β-unsaturated/α-hetero) is 1. The first-order valence-electron chi connectivity index (χ1n) is 15.6. The van der Waals surface area contributed by atoms with E-state index in [1.165, 1.54) is 9.80 Å². The molecule has 0 unspecified atom stereocenters. The Bertz CT molecular complexity index is 1560. The van der Waals surface area contributed by atoms with Gasteiger partial charge in [0.25, 0.3) is 5.91 Å². The Kier molecular flexibility index (Phi) is 8.99. The molecule has 3 aliphatic heterocycles. The maximum absolute atomic E-state index is 14.0. The van der Waals surface area contributed by atoms with Gasteiger partial charge in [-0.3, -0.25) is 24.1 Å². The molecule has 242 valence electrons. The summed E-state index contributed by atoms with van der Waals surface area (Å²) in [6.07, 6.45) is 2.21. The second-order valence-electron chi connectivity index (χ2n) is 12.3. The molecular weight excluding hydrogens is 614 g/mol. The van der Waals surface area contributed by atoms with Gasteiger partial charge in [-0.25, -0.2) is 4.79 Å². The van der Waals surface area contributed by atoms with Crippen LogP contribution in [0.5, 0.6) is 0 Å². The average Bonchev–Trinajstić information content (AvgIpc) is 3.47. The largest absolute Gasteiger partial charge is 0.447 e. The molecule has 2 aromatic carbocycles. The third-order valence-electron chi connectivity index (χ3n) is 8.83. The first-order chi connectivity index (χ1) is 22.2. The molecule has 1 aliphatic carbocycles. The number of rotatable bonds is 11. The van der Waals surface area contributed by atoms with Crippen molar-refractivity contribution in [2.24, 2.45) is 5.16 Å². The summed E-state index contributed by atoms with van der Waals surface area (Å²) in [5.74, 6) is -2.52. The molecule has 2 N–H and O–H groups in total. The number of amides is 4. The number of carbonyl (C=O) groups is 5. The SMILES string of the molecule is CCC[C@H](NC(=O)[C@@H]1C[C@]2(CC(c3cccc(Cl)c3)=NO2)CN1C(=O)CN1C(=O)OC[C@@H]1c1ccccc1)C(=O)C(=O)NC1CC1. The Balaban J connectivity index is 1.23. The van der Waals surface area contributed by atoms with Crippen molar-refractivity contribution in [2.45, 2.75) is 75.2 Å². The van der Waals surface area contributed by atoms with Crippen LogP contribution in [0.4, 0.5) is 4.79 Å². The Morgan fingerprint density at radius 3 is 2.61 bits per heavy atom. The standard InChI is InChI=1S/C33H36ClN5O7/c1-2-7-24(29(41)31(43)35-23-12-13-23)36-30(42)26-16-33(15-25(37-46-33)21-10-6-11-22(34)14-21)19-39(26)28(40)17-38-27(18-45-32(38)44)20-8-4-3-5-9-20/h3-6,8-11,14,23-24,26-27H,2,7,12-13,15-19H2,1H3,(H,35,43)(H,36,42)/t24-,26-,27+,33+/m0/s1. The van der Waals surface area contributed by atoms with Gasteiger partial charge in [-0.15, -0.1) is 0 Å². The normalized spacial score (nSPS) is 24.3. The van der Waals surface area contributed by atoms with Crippen molar-refractivity contribution in [3.8, 4) is 0 Å². The van der Waals surface area contributed by atoms with Gasteiger partial charge in [0.1, 0.15) is 19.2 Å². The van der Waals surface area contributed by atoms with Crippen LogP contribution < -0.4 is 10.6 Å². The molecule has 46 heavy (non-hydrogen) atoms. The van der Waals surface area contributed by atoms with Crippen LogP contribution in [0, 0.1) is 0 Å². The summed E-state index contributed by atoms with van der Waals surface area (Å²) < 4.78 is 5.30. The fourth-order valence-corrected chi connectivity index (χ4v) is 6.45. The maximum atomic E-state index is 14.0. The van der Waals surface area contributed by atoms with Crippen molar-refractivity contribution in [1.82, 2.24) is 20.4 Å². The molecule has 1 saturated carbocycles. The van der Waals surface area contributed by atoms with E-state index in [9.17, 15) is 24.0 Å². The molecule has 12 nitrogen and oxygen atoms in total. The van der Waals surface area contributed by atoms with Gasteiger partial charge in [0.05, 0.1) is 24.3 Å². The number of nitrogens with zero attached hydrogens (tertiary/aromatic N) is 3. The predicted octanol–water partition coefficient (Wildman–Crippen LogP) is 3.13. The van der Waals surface area contributed by atoms with Crippen LogP contribution in [0.2, 0.25) is 5.02 Å². The van der Waals surface area contributed by atoms with Crippen LogP contribution in [0.25, 0.3) is 0 Å². The lowest BCUT2D eigenvalue weighted by Gasteiger charge is -2.28. The first kappa shape index (κ1) is 31.5. The molecule has 13 heteroatoms. The molecule has 2 aromatic rings. The lowest BCUT2D eigenvalue weighted by molar-refractivity contribution is -0.142. The zero-order valence-corrected chi connectivity index (χ0v) is 26.2. The van der Waals surface area contributed by atoms with Crippen molar-refractivity contribution in [2.75, 3.05) is 19.7 Å². The number of hydrogen-bond donors (Lipinski definition) is 2.